The molecule has 150 valence electrons. The van der Waals surface area contributed by atoms with Gasteiger partial charge in [0.15, 0.2) is 23.1 Å². The number of carbonyl (C=O) groups is 1. The summed E-state index contributed by atoms with van der Waals surface area (Å²) in [5.74, 6) is -1.07. The number of methoxy groups -OCH3 is 1. The van der Waals surface area contributed by atoms with E-state index in [4.69, 9.17) is 9.47 Å². The summed E-state index contributed by atoms with van der Waals surface area (Å²) in [5.41, 5.74) is 1.12. The Labute approximate surface area is 163 Å². The molecule has 28 heavy (non-hydrogen) atoms. The first-order valence-electron chi connectivity index (χ1n) is 9.30. The normalized spacial score (nSPS) is 19.1. The lowest BCUT2D eigenvalue weighted by Gasteiger charge is -2.33. The van der Waals surface area contributed by atoms with Crippen molar-refractivity contribution in [1.29, 1.82) is 0 Å². The molecule has 1 heterocycles. The lowest BCUT2D eigenvalue weighted by Crippen LogP contribution is -2.50. The molecule has 5 nitrogen and oxygen atoms in total. The van der Waals surface area contributed by atoms with Gasteiger partial charge in [-0.25, -0.2) is 8.78 Å². The molecule has 1 amide bonds. The smallest absolute Gasteiger partial charge is 0.251 e. The van der Waals surface area contributed by atoms with Gasteiger partial charge in [-0.2, -0.15) is 0 Å². The number of carbonyl (C=O) groups excluding carboxylic acids is 1. The molecule has 2 unspecified atom stereocenters. The fourth-order valence-electron chi connectivity index (χ4n) is 3.49. The third-order valence-electron chi connectivity index (χ3n) is 4.90. The number of benzene rings is 2. The molecule has 2 N–H and O–H groups in total. The first kappa shape index (κ1) is 20.1. The van der Waals surface area contributed by atoms with Crippen molar-refractivity contribution in [2.75, 3.05) is 26.8 Å². The summed E-state index contributed by atoms with van der Waals surface area (Å²) < 4.78 is 37.7. The summed E-state index contributed by atoms with van der Waals surface area (Å²) in [6.45, 7) is 3.65. The van der Waals surface area contributed by atoms with E-state index in [1.54, 1.807) is 24.3 Å². The summed E-state index contributed by atoms with van der Waals surface area (Å²) in [7, 11) is 1.52. The van der Waals surface area contributed by atoms with Gasteiger partial charge in [-0.15, -0.1) is 0 Å². The third-order valence-corrected chi connectivity index (χ3v) is 4.90. The van der Waals surface area contributed by atoms with Gasteiger partial charge in [-0.1, -0.05) is 6.07 Å². The second kappa shape index (κ2) is 9.01. The lowest BCUT2D eigenvalue weighted by atomic mass is 9.85. The molecule has 0 spiro atoms. The van der Waals surface area contributed by atoms with Crippen LogP contribution in [0.1, 0.15) is 35.2 Å². The van der Waals surface area contributed by atoms with Crippen LogP contribution in [0.2, 0.25) is 0 Å². The molecule has 0 bridgehead atoms. The molecular formula is C21H24F2N2O3. The molecule has 2 aromatic rings. The van der Waals surface area contributed by atoms with Gasteiger partial charge in [0.25, 0.3) is 5.91 Å². The maximum atomic E-state index is 13.7. The van der Waals surface area contributed by atoms with Gasteiger partial charge in [0.05, 0.1) is 13.7 Å². The first-order valence-corrected chi connectivity index (χ1v) is 9.30. The number of nitrogens with one attached hydrogen (secondary N) is 2. The fourth-order valence-corrected chi connectivity index (χ4v) is 3.49. The minimum absolute atomic E-state index is 0.107. The Bertz CT molecular complexity index is 844. The van der Waals surface area contributed by atoms with Crippen molar-refractivity contribution in [3.05, 3.63) is 59.2 Å². The van der Waals surface area contributed by atoms with E-state index in [1.807, 2.05) is 6.92 Å². The summed E-state index contributed by atoms with van der Waals surface area (Å²) in [6, 6.07) is 8.67. The van der Waals surface area contributed by atoms with Crippen LogP contribution in [0.15, 0.2) is 36.4 Å². The molecule has 2 atom stereocenters. The van der Waals surface area contributed by atoms with Crippen molar-refractivity contribution >= 4 is 5.91 Å². The molecule has 1 fully saturated rings. The van der Waals surface area contributed by atoms with Gasteiger partial charge >= 0.3 is 0 Å². The maximum absolute atomic E-state index is 13.7. The fraction of sp³-hybridized carbons (Fsp3) is 0.381. The van der Waals surface area contributed by atoms with Crippen LogP contribution in [0.4, 0.5) is 8.78 Å². The quantitative estimate of drug-likeness (QED) is 0.795. The highest BCUT2D eigenvalue weighted by Gasteiger charge is 2.29. The van der Waals surface area contributed by atoms with Gasteiger partial charge in [-0.3, -0.25) is 4.79 Å². The zero-order chi connectivity index (χ0) is 20.1. The average molecular weight is 390 g/mol. The van der Waals surface area contributed by atoms with E-state index in [0.29, 0.717) is 42.2 Å². The number of rotatable bonds is 6. The van der Waals surface area contributed by atoms with Gasteiger partial charge in [0.1, 0.15) is 0 Å². The molecule has 2 aromatic carbocycles. The summed E-state index contributed by atoms with van der Waals surface area (Å²) in [5, 5.41) is 6.25. The molecule has 3 rings (SSSR count). The Balaban J connectivity index is 1.78. The number of piperidine rings is 1. The summed E-state index contributed by atoms with van der Waals surface area (Å²) >= 11 is 0. The van der Waals surface area contributed by atoms with Crippen molar-refractivity contribution < 1.29 is 23.0 Å². The molecule has 1 saturated heterocycles. The van der Waals surface area contributed by atoms with E-state index in [0.717, 1.165) is 12.6 Å². The van der Waals surface area contributed by atoms with Gasteiger partial charge in [-0.05, 0) is 55.8 Å². The Morgan fingerprint density at radius 1 is 1.18 bits per heavy atom. The third kappa shape index (κ3) is 4.42. The zero-order valence-electron chi connectivity index (χ0n) is 15.9. The lowest BCUT2D eigenvalue weighted by molar-refractivity contribution is 0.0924. The van der Waals surface area contributed by atoms with Crippen LogP contribution in [0.3, 0.4) is 0 Å². The predicted octanol–water partition coefficient (Wildman–Crippen LogP) is 3.25. The average Bonchev–Trinajstić information content (AvgIpc) is 2.71. The van der Waals surface area contributed by atoms with Crippen LogP contribution in [0, 0.1) is 11.6 Å². The highest BCUT2D eigenvalue weighted by atomic mass is 19.2. The van der Waals surface area contributed by atoms with Crippen LogP contribution in [0.5, 0.6) is 11.5 Å². The number of hydrogen-bond donors (Lipinski definition) is 2. The molecule has 0 aliphatic carbocycles. The van der Waals surface area contributed by atoms with Crippen LogP contribution >= 0.6 is 0 Å². The second-order valence-electron chi connectivity index (χ2n) is 6.65. The molecule has 1 aliphatic heterocycles. The monoisotopic (exact) mass is 390 g/mol. The molecular weight excluding hydrogens is 366 g/mol. The topological polar surface area (TPSA) is 59.6 Å². The highest BCUT2D eigenvalue weighted by molar-refractivity contribution is 5.95. The second-order valence-corrected chi connectivity index (χ2v) is 6.65. The largest absolute Gasteiger partial charge is 0.493 e. The number of ether oxygens (including phenoxy) is 2. The molecule has 0 aromatic heterocycles. The van der Waals surface area contributed by atoms with Crippen LogP contribution in [-0.4, -0.2) is 38.8 Å². The SMILES string of the molecule is CCOc1ccc(C(=O)NC2CNCCC2c2ccc(F)c(F)c2)cc1OC. The Morgan fingerprint density at radius 3 is 2.71 bits per heavy atom. The predicted molar refractivity (Wildman–Crippen MR) is 102 cm³/mol. The molecule has 0 radical (unpaired) electrons. The highest BCUT2D eigenvalue weighted by Crippen LogP contribution is 2.29. The van der Waals surface area contributed by atoms with Crippen LogP contribution in [-0.2, 0) is 0 Å². The van der Waals surface area contributed by atoms with E-state index in [1.165, 1.54) is 13.2 Å². The first-order chi connectivity index (χ1) is 13.5. The van der Waals surface area contributed by atoms with E-state index in [2.05, 4.69) is 10.6 Å². The minimum atomic E-state index is -0.877. The van der Waals surface area contributed by atoms with Crippen LogP contribution in [0.25, 0.3) is 0 Å². The number of halogens is 2. The van der Waals surface area contributed by atoms with Crippen molar-refractivity contribution in [3.8, 4) is 11.5 Å². The van der Waals surface area contributed by atoms with Crippen molar-refractivity contribution in [1.82, 2.24) is 10.6 Å². The summed E-state index contributed by atoms with van der Waals surface area (Å²) in [4.78, 5) is 12.8. The standard InChI is InChI=1S/C21H24F2N2O3/c1-3-28-19-7-5-14(11-20(19)27-2)21(26)25-18-12-24-9-8-15(18)13-4-6-16(22)17(23)10-13/h4-7,10-11,15,18,24H,3,8-9,12H2,1-2H3,(H,25,26). The van der Waals surface area contributed by atoms with Crippen molar-refractivity contribution in [2.45, 2.75) is 25.3 Å². The number of hydrogen-bond acceptors (Lipinski definition) is 4. The van der Waals surface area contributed by atoms with Gasteiger partial charge < -0.3 is 20.1 Å². The van der Waals surface area contributed by atoms with E-state index >= 15 is 0 Å². The Morgan fingerprint density at radius 2 is 2.00 bits per heavy atom. The molecule has 7 heteroatoms. The molecule has 1 aliphatic rings. The Kier molecular flexibility index (Phi) is 6.46. The minimum Gasteiger partial charge on any atom is -0.493 e. The van der Waals surface area contributed by atoms with Crippen LogP contribution < -0.4 is 20.1 Å². The van der Waals surface area contributed by atoms with Gasteiger partial charge in [0, 0.05) is 24.1 Å². The van der Waals surface area contributed by atoms with Gasteiger partial charge in [0.2, 0.25) is 0 Å². The van der Waals surface area contributed by atoms with E-state index in [9.17, 15) is 13.6 Å². The maximum Gasteiger partial charge on any atom is 0.251 e. The molecule has 0 saturated carbocycles. The number of amides is 1. The van der Waals surface area contributed by atoms with E-state index < -0.39 is 11.6 Å². The van der Waals surface area contributed by atoms with Crippen molar-refractivity contribution in [3.63, 3.8) is 0 Å². The Hall–Kier alpha value is -2.67. The van der Waals surface area contributed by atoms with E-state index in [-0.39, 0.29) is 17.9 Å². The zero-order valence-corrected chi connectivity index (χ0v) is 15.9. The van der Waals surface area contributed by atoms with Crippen molar-refractivity contribution in [2.24, 2.45) is 0 Å². The summed E-state index contributed by atoms with van der Waals surface area (Å²) in [6.07, 6.45) is 0.711.